The van der Waals surface area contributed by atoms with E-state index in [0.29, 0.717) is 5.82 Å². The first-order valence-corrected chi connectivity index (χ1v) is 19.9. The molecular formula is C55H38N2O. The van der Waals surface area contributed by atoms with Gasteiger partial charge in [-0.3, -0.25) is 0 Å². The molecule has 3 nitrogen and oxygen atoms in total. The van der Waals surface area contributed by atoms with Crippen molar-refractivity contribution >= 4 is 21.9 Å². The van der Waals surface area contributed by atoms with Gasteiger partial charge in [-0.05, 0) is 104 Å². The molecule has 10 aromatic rings. The molecular weight excluding hydrogens is 705 g/mol. The van der Waals surface area contributed by atoms with Gasteiger partial charge in [0.2, 0.25) is 0 Å². The van der Waals surface area contributed by atoms with E-state index in [1.165, 1.54) is 33.4 Å². The van der Waals surface area contributed by atoms with Gasteiger partial charge in [-0.1, -0.05) is 159 Å². The van der Waals surface area contributed by atoms with Crippen molar-refractivity contribution in [3.8, 4) is 78.4 Å². The Morgan fingerprint density at radius 1 is 0.345 bits per heavy atom. The number of rotatable bonds is 6. The normalized spacial score (nSPS) is 12.8. The van der Waals surface area contributed by atoms with Gasteiger partial charge in [0.25, 0.3) is 0 Å². The molecule has 0 saturated heterocycles. The van der Waals surface area contributed by atoms with Gasteiger partial charge in [-0.25, -0.2) is 9.97 Å². The van der Waals surface area contributed by atoms with Gasteiger partial charge in [-0.15, -0.1) is 0 Å². The average Bonchev–Trinajstić information content (AvgIpc) is 3.77. The molecule has 58 heavy (non-hydrogen) atoms. The van der Waals surface area contributed by atoms with E-state index < -0.39 is 0 Å². The lowest BCUT2D eigenvalue weighted by Gasteiger charge is -2.22. The van der Waals surface area contributed by atoms with Crippen LogP contribution in [0.15, 0.2) is 199 Å². The summed E-state index contributed by atoms with van der Waals surface area (Å²) < 4.78 is 6.25. The van der Waals surface area contributed by atoms with Crippen LogP contribution in [-0.2, 0) is 5.41 Å². The Kier molecular flexibility index (Phi) is 7.84. The van der Waals surface area contributed by atoms with E-state index in [1.54, 1.807) is 0 Å². The zero-order valence-electron chi connectivity index (χ0n) is 32.3. The van der Waals surface area contributed by atoms with E-state index >= 15 is 0 Å². The van der Waals surface area contributed by atoms with Crippen LogP contribution in [0.4, 0.5) is 0 Å². The minimum absolute atomic E-state index is 0.0974. The van der Waals surface area contributed by atoms with Crippen molar-refractivity contribution in [2.24, 2.45) is 0 Å². The van der Waals surface area contributed by atoms with Crippen LogP contribution in [0, 0.1) is 0 Å². The first kappa shape index (κ1) is 33.9. The van der Waals surface area contributed by atoms with Gasteiger partial charge in [0, 0.05) is 32.9 Å². The van der Waals surface area contributed by atoms with Crippen LogP contribution in [0.25, 0.3) is 100 Å². The number of para-hydroxylation sites is 1. The van der Waals surface area contributed by atoms with Crippen LogP contribution >= 0.6 is 0 Å². The predicted molar refractivity (Wildman–Crippen MR) is 239 cm³/mol. The molecule has 0 amide bonds. The molecule has 1 aliphatic rings. The van der Waals surface area contributed by atoms with E-state index in [4.69, 9.17) is 14.4 Å². The van der Waals surface area contributed by atoms with Gasteiger partial charge >= 0.3 is 0 Å². The number of nitrogens with zero attached hydrogens (tertiary/aromatic N) is 2. The average molecular weight is 743 g/mol. The second kappa shape index (κ2) is 13.4. The maximum Gasteiger partial charge on any atom is 0.160 e. The summed E-state index contributed by atoms with van der Waals surface area (Å²) in [5.74, 6) is 0.692. The molecule has 2 aromatic heterocycles. The molecule has 0 N–H and O–H groups in total. The third-order valence-corrected chi connectivity index (χ3v) is 11.9. The summed E-state index contributed by atoms with van der Waals surface area (Å²) in [6.07, 6.45) is 0. The van der Waals surface area contributed by atoms with Crippen molar-refractivity contribution in [3.05, 3.63) is 205 Å². The Morgan fingerprint density at radius 2 is 0.914 bits per heavy atom. The molecule has 274 valence electrons. The highest BCUT2D eigenvalue weighted by Crippen LogP contribution is 2.50. The summed E-state index contributed by atoms with van der Waals surface area (Å²) in [4.78, 5) is 10.4. The SMILES string of the molecule is CC1(C)c2ccccc2-c2ccc(-c3ccccc3-c3cc(-c4ccc5oc6ccccc6c5c4)cc(-c4cc(-c5ccccc5)nc(-c5ccccc5)n4)c3)cc21. The quantitative estimate of drug-likeness (QED) is 0.170. The van der Waals surface area contributed by atoms with Crippen LogP contribution in [0.1, 0.15) is 25.0 Å². The Hall–Kier alpha value is -7.36. The molecule has 0 spiro atoms. The summed E-state index contributed by atoms with van der Waals surface area (Å²) in [5.41, 5.74) is 18.7. The van der Waals surface area contributed by atoms with Crippen LogP contribution in [0.5, 0.6) is 0 Å². The lowest BCUT2D eigenvalue weighted by molar-refractivity contribution is 0.660. The minimum atomic E-state index is -0.0974. The number of fused-ring (bicyclic) bond motifs is 6. The van der Waals surface area contributed by atoms with Crippen LogP contribution in [0.3, 0.4) is 0 Å². The van der Waals surface area contributed by atoms with Crippen LogP contribution < -0.4 is 0 Å². The van der Waals surface area contributed by atoms with Gasteiger partial charge < -0.3 is 4.42 Å². The van der Waals surface area contributed by atoms with Gasteiger partial charge in [0.1, 0.15) is 11.2 Å². The zero-order valence-corrected chi connectivity index (χ0v) is 32.3. The van der Waals surface area contributed by atoms with E-state index in [-0.39, 0.29) is 5.41 Å². The number of aromatic nitrogens is 2. The van der Waals surface area contributed by atoms with Crippen molar-refractivity contribution in [1.29, 1.82) is 0 Å². The number of furan rings is 1. The van der Waals surface area contributed by atoms with E-state index in [2.05, 4.69) is 172 Å². The molecule has 0 atom stereocenters. The fourth-order valence-corrected chi connectivity index (χ4v) is 8.93. The minimum Gasteiger partial charge on any atom is -0.456 e. The summed E-state index contributed by atoms with van der Waals surface area (Å²) in [5, 5.41) is 2.21. The molecule has 11 rings (SSSR count). The van der Waals surface area contributed by atoms with E-state index in [0.717, 1.165) is 72.3 Å². The Bertz CT molecular complexity index is 3140. The highest BCUT2D eigenvalue weighted by Gasteiger charge is 2.35. The number of hydrogen-bond acceptors (Lipinski definition) is 3. The van der Waals surface area contributed by atoms with Gasteiger partial charge in [0.15, 0.2) is 5.82 Å². The number of hydrogen-bond donors (Lipinski definition) is 0. The zero-order chi connectivity index (χ0) is 38.8. The standard InChI is InChI=1S/C55H38N2O/c1-55(2)48-23-13-11-21-44(48)45-27-25-38(33-49(45)55)42-19-9-10-20-43(42)40-29-39(37-26-28-53-47(32-37)46-22-12-14-24-52(46)58-53)30-41(31-40)51-34-50(35-15-5-3-6-16-35)56-54(57-51)36-17-7-4-8-18-36/h3-34H,1-2H3. The van der Waals surface area contributed by atoms with Crippen molar-refractivity contribution in [1.82, 2.24) is 9.97 Å². The lowest BCUT2D eigenvalue weighted by Crippen LogP contribution is -2.14. The molecule has 0 saturated carbocycles. The molecule has 8 aromatic carbocycles. The fraction of sp³-hybridized carbons (Fsp3) is 0.0545. The Morgan fingerprint density at radius 3 is 1.71 bits per heavy atom. The largest absolute Gasteiger partial charge is 0.456 e. The van der Waals surface area contributed by atoms with Crippen LogP contribution in [-0.4, -0.2) is 9.97 Å². The van der Waals surface area contributed by atoms with E-state index in [9.17, 15) is 0 Å². The van der Waals surface area contributed by atoms with Gasteiger partial charge in [0.05, 0.1) is 11.4 Å². The smallest absolute Gasteiger partial charge is 0.160 e. The first-order chi connectivity index (χ1) is 28.5. The fourth-order valence-electron chi connectivity index (χ4n) is 8.93. The van der Waals surface area contributed by atoms with Crippen molar-refractivity contribution < 1.29 is 4.42 Å². The second-order valence-electron chi connectivity index (χ2n) is 15.8. The topological polar surface area (TPSA) is 38.9 Å². The molecule has 0 fully saturated rings. The predicted octanol–water partition coefficient (Wildman–Crippen LogP) is 14.7. The Balaban J connectivity index is 1.13. The monoisotopic (exact) mass is 742 g/mol. The molecule has 0 bridgehead atoms. The molecule has 2 heterocycles. The second-order valence-corrected chi connectivity index (χ2v) is 15.8. The number of benzene rings is 8. The Labute approximate surface area is 338 Å². The molecule has 0 aliphatic heterocycles. The lowest BCUT2D eigenvalue weighted by atomic mass is 9.81. The van der Waals surface area contributed by atoms with Crippen molar-refractivity contribution in [3.63, 3.8) is 0 Å². The van der Waals surface area contributed by atoms with Gasteiger partial charge in [-0.2, -0.15) is 0 Å². The molecule has 1 aliphatic carbocycles. The highest BCUT2D eigenvalue weighted by atomic mass is 16.3. The summed E-state index contributed by atoms with van der Waals surface area (Å²) in [6.45, 7) is 4.69. The summed E-state index contributed by atoms with van der Waals surface area (Å²) >= 11 is 0. The maximum atomic E-state index is 6.25. The summed E-state index contributed by atoms with van der Waals surface area (Å²) in [6, 6.07) is 69.1. The van der Waals surface area contributed by atoms with Crippen LogP contribution in [0.2, 0.25) is 0 Å². The van der Waals surface area contributed by atoms with Crippen molar-refractivity contribution in [2.45, 2.75) is 19.3 Å². The maximum absolute atomic E-state index is 6.25. The third kappa shape index (κ3) is 5.66. The highest BCUT2D eigenvalue weighted by molar-refractivity contribution is 6.06. The van der Waals surface area contributed by atoms with Crippen molar-refractivity contribution in [2.75, 3.05) is 0 Å². The summed E-state index contributed by atoms with van der Waals surface area (Å²) in [7, 11) is 0. The molecule has 0 radical (unpaired) electrons. The third-order valence-electron chi connectivity index (χ3n) is 11.9. The first-order valence-electron chi connectivity index (χ1n) is 19.9. The van der Waals surface area contributed by atoms with E-state index in [1.807, 2.05) is 36.4 Å². The molecule has 3 heteroatoms. The molecule has 0 unspecified atom stereocenters.